The van der Waals surface area contributed by atoms with Crippen LogP contribution in [0.1, 0.15) is 33.6 Å². The zero-order valence-corrected chi connectivity index (χ0v) is 13.3. The molecule has 2 aliphatic rings. The molecule has 116 valence electrons. The van der Waals surface area contributed by atoms with E-state index < -0.39 is 5.97 Å². The van der Waals surface area contributed by atoms with Gasteiger partial charge in [0.2, 0.25) is 0 Å². The highest BCUT2D eigenvalue weighted by Gasteiger charge is 2.32. The lowest BCUT2D eigenvalue weighted by Crippen LogP contribution is -2.00. The average molecular weight is 298 g/mol. The highest BCUT2D eigenvalue weighted by Crippen LogP contribution is 2.46. The summed E-state index contributed by atoms with van der Waals surface area (Å²) in [6.45, 7) is 10.2. The summed E-state index contributed by atoms with van der Waals surface area (Å²) in [4.78, 5) is 10.9. The summed E-state index contributed by atoms with van der Waals surface area (Å²) in [7, 11) is 0. The molecule has 0 aromatic rings. The number of rotatable bonds is 5. The van der Waals surface area contributed by atoms with E-state index in [9.17, 15) is 4.79 Å². The predicted molar refractivity (Wildman–Crippen MR) is 88.0 cm³/mol. The number of hydrogen-bond donors (Lipinski definition) is 1. The summed E-state index contributed by atoms with van der Waals surface area (Å²) in [5, 5.41) is 8.94. The largest absolute Gasteiger partial charge is 0.478 e. The predicted octanol–water partition coefficient (Wildman–Crippen LogP) is 4.67. The second-order valence-corrected chi connectivity index (χ2v) is 6.01. The Morgan fingerprint density at radius 2 is 2.14 bits per heavy atom. The van der Waals surface area contributed by atoms with Crippen molar-refractivity contribution in [2.75, 3.05) is 0 Å². The summed E-state index contributed by atoms with van der Waals surface area (Å²) >= 11 is 0. The molecule has 0 radical (unpaired) electrons. The van der Waals surface area contributed by atoms with Gasteiger partial charge in [-0.05, 0) is 55.9 Å². The van der Waals surface area contributed by atoms with E-state index in [1.54, 1.807) is 18.6 Å². The highest BCUT2D eigenvalue weighted by atomic mass is 16.5. The minimum atomic E-state index is -0.937. The van der Waals surface area contributed by atoms with Gasteiger partial charge in [0.05, 0.1) is 12.5 Å². The van der Waals surface area contributed by atoms with E-state index in [0.29, 0.717) is 0 Å². The molecule has 0 fully saturated rings. The van der Waals surface area contributed by atoms with Crippen LogP contribution >= 0.6 is 0 Å². The van der Waals surface area contributed by atoms with E-state index in [2.05, 4.69) is 26.5 Å². The fourth-order valence-electron chi connectivity index (χ4n) is 2.81. The maximum atomic E-state index is 10.9. The fourth-order valence-corrected chi connectivity index (χ4v) is 2.81. The summed E-state index contributed by atoms with van der Waals surface area (Å²) in [5.41, 5.74) is 6.64. The van der Waals surface area contributed by atoms with Crippen LogP contribution in [0.4, 0.5) is 0 Å². The zero-order chi connectivity index (χ0) is 16.3. The highest BCUT2D eigenvalue weighted by molar-refractivity contribution is 5.81. The molecule has 0 saturated carbocycles. The van der Waals surface area contributed by atoms with Gasteiger partial charge in [-0.3, -0.25) is 0 Å². The molecular weight excluding hydrogens is 276 g/mol. The molecule has 2 rings (SSSR count). The van der Waals surface area contributed by atoms with Gasteiger partial charge in [0.25, 0.3) is 0 Å². The third-order valence-corrected chi connectivity index (χ3v) is 3.88. The zero-order valence-electron chi connectivity index (χ0n) is 13.3. The van der Waals surface area contributed by atoms with Crippen molar-refractivity contribution >= 4 is 5.97 Å². The number of fused-ring (bicyclic) bond motifs is 1. The standard InChI is InChI=1S/C19H22O3/c1-12(2)5-6-14-10-22-11-15-9-17(13(3)4)16(19(14)15)7-8-18(20)21/h5,7-8,10-11,17H,3,6,9H2,1-2,4H3,(H,20,21)/b8-7+. The average Bonchev–Trinajstić information content (AvgIpc) is 2.82. The quantitative estimate of drug-likeness (QED) is 0.592. The van der Waals surface area contributed by atoms with Crippen molar-refractivity contribution in [1.29, 1.82) is 0 Å². The molecule has 0 amide bonds. The smallest absolute Gasteiger partial charge is 0.328 e. The summed E-state index contributed by atoms with van der Waals surface area (Å²) < 4.78 is 5.47. The minimum Gasteiger partial charge on any atom is -0.478 e. The Hall–Kier alpha value is -2.29. The molecule has 0 saturated heterocycles. The van der Waals surface area contributed by atoms with Crippen molar-refractivity contribution in [2.24, 2.45) is 5.92 Å². The number of ether oxygens (including phenoxy) is 1. The molecule has 1 heterocycles. The monoisotopic (exact) mass is 298 g/mol. The van der Waals surface area contributed by atoms with E-state index >= 15 is 0 Å². The normalized spacial score (nSPS) is 20.2. The van der Waals surface area contributed by atoms with E-state index in [4.69, 9.17) is 9.84 Å². The first-order valence-electron chi connectivity index (χ1n) is 7.38. The Morgan fingerprint density at radius 1 is 1.41 bits per heavy atom. The van der Waals surface area contributed by atoms with Crippen LogP contribution in [-0.4, -0.2) is 11.1 Å². The molecule has 1 aliphatic heterocycles. The number of aliphatic carboxylic acids is 1. The van der Waals surface area contributed by atoms with Gasteiger partial charge < -0.3 is 9.84 Å². The van der Waals surface area contributed by atoms with E-state index in [1.165, 1.54) is 11.6 Å². The molecule has 3 heteroatoms. The fraction of sp³-hybridized carbons (Fsp3) is 0.316. The maximum absolute atomic E-state index is 10.9. The number of carbonyl (C=O) groups is 1. The van der Waals surface area contributed by atoms with Gasteiger partial charge in [0.1, 0.15) is 0 Å². The second kappa shape index (κ2) is 6.65. The Labute approximate surface area is 131 Å². The lowest BCUT2D eigenvalue weighted by atomic mass is 9.92. The van der Waals surface area contributed by atoms with Crippen molar-refractivity contribution in [3.63, 3.8) is 0 Å². The van der Waals surface area contributed by atoms with Crippen molar-refractivity contribution in [3.8, 4) is 0 Å². The first kappa shape index (κ1) is 16.1. The first-order chi connectivity index (χ1) is 10.4. The van der Waals surface area contributed by atoms with Crippen molar-refractivity contribution in [3.05, 3.63) is 70.8 Å². The summed E-state index contributed by atoms with van der Waals surface area (Å²) in [5.74, 6) is -0.790. The van der Waals surface area contributed by atoms with E-state index in [0.717, 1.165) is 40.7 Å². The van der Waals surface area contributed by atoms with Crippen LogP contribution in [0.15, 0.2) is 70.8 Å². The number of hydrogen-bond acceptors (Lipinski definition) is 2. The molecule has 0 spiro atoms. The van der Waals surface area contributed by atoms with Crippen LogP contribution < -0.4 is 0 Å². The molecular formula is C19H22O3. The number of allylic oxidation sites excluding steroid dienone is 8. The van der Waals surface area contributed by atoms with Crippen LogP contribution in [0.25, 0.3) is 0 Å². The maximum Gasteiger partial charge on any atom is 0.328 e. The molecule has 1 unspecified atom stereocenters. The summed E-state index contributed by atoms with van der Waals surface area (Å²) in [6, 6.07) is 0. The minimum absolute atomic E-state index is 0.147. The molecule has 1 atom stereocenters. The Balaban J connectivity index is 2.47. The second-order valence-electron chi connectivity index (χ2n) is 6.01. The van der Waals surface area contributed by atoms with Gasteiger partial charge in [0, 0.05) is 12.0 Å². The third kappa shape index (κ3) is 3.48. The first-order valence-corrected chi connectivity index (χ1v) is 7.38. The van der Waals surface area contributed by atoms with Gasteiger partial charge in [-0.15, -0.1) is 0 Å². The van der Waals surface area contributed by atoms with E-state index in [1.807, 2.05) is 6.92 Å². The van der Waals surface area contributed by atoms with Gasteiger partial charge in [-0.2, -0.15) is 0 Å². The molecule has 22 heavy (non-hydrogen) atoms. The topological polar surface area (TPSA) is 46.5 Å². The number of carboxylic acid groups (broad SMARTS) is 1. The summed E-state index contributed by atoms with van der Waals surface area (Å²) in [6.07, 6.45) is 10.2. The Bertz CT molecular complexity index is 650. The van der Waals surface area contributed by atoms with Crippen molar-refractivity contribution in [1.82, 2.24) is 0 Å². The lowest BCUT2D eigenvalue weighted by Gasteiger charge is -2.15. The van der Waals surface area contributed by atoms with Crippen molar-refractivity contribution < 1.29 is 14.6 Å². The molecule has 1 aliphatic carbocycles. The SMILES string of the molecule is C=C(C)C1CC2=COC=C(CC=C(C)C)C2=C1/C=C/C(=O)O. The molecule has 1 N–H and O–H groups in total. The third-order valence-electron chi connectivity index (χ3n) is 3.88. The van der Waals surface area contributed by atoms with Crippen LogP contribution in [0.2, 0.25) is 0 Å². The number of carboxylic acids is 1. The molecule has 3 nitrogen and oxygen atoms in total. The van der Waals surface area contributed by atoms with Gasteiger partial charge in [-0.1, -0.05) is 29.9 Å². The van der Waals surface area contributed by atoms with Gasteiger partial charge in [0.15, 0.2) is 0 Å². The molecule has 0 aromatic carbocycles. The van der Waals surface area contributed by atoms with E-state index in [-0.39, 0.29) is 5.92 Å². The van der Waals surface area contributed by atoms with Crippen LogP contribution in [0.3, 0.4) is 0 Å². The lowest BCUT2D eigenvalue weighted by molar-refractivity contribution is -0.131. The van der Waals surface area contributed by atoms with Crippen molar-refractivity contribution in [2.45, 2.75) is 33.6 Å². The Morgan fingerprint density at radius 3 is 2.73 bits per heavy atom. The Kier molecular flexibility index (Phi) is 4.86. The van der Waals surface area contributed by atoms with Gasteiger partial charge in [-0.25, -0.2) is 4.79 Å². The molecule has 0 aromatic heterocycles. The van der Waals surface area contributed by atoms with Crippen LogP contribution in [0.5, 0.6) is 0 Å². The molecule has 0 bridgehead atoms. The van der Waals surface area contributed by atoms with Crippen LogP contribution in [-0.2, 0) is 9.53 Å². The van der Waals surface area contributed by atoms with Gasteiger partial charge >= 0.3 is 5.97 Å². The van der Waals surface area contributed by atoms with Crippen LogP contribution in [0, 0.1) is 5.92 Å².